The van der Waals surface area contributed by atoms with Crippen molar-refractivity contribution in [2.24, 2.45) is 0 Å². The van der Waals surface area contributed by atoms with Gasteiger partial charge in [0.1, 0.15) is 5.60 Å². The summed E-state index contributed by atoms with van der Waals surface area (Å²) in [5.41, 5.74) is 1.51. The van der Waals surface area contributed by atoms with Crippen molar-refractivity contribution in [3.63, 3.8) is 0 Å². The summed E-state index contributed by atoms with van der Waals surface area (Å²) in [6, 6.07) is 8.66. The van der Waals surface area contributed by atoms with Gasteiger partial charge in [0.2, 0.25) is 5.91 Å². The second-order valence-corrected chi connectivity index (χ2v) is 9.42. The van der Waals surface area contributed by atoms with Crippen LogP contribution in [0.4, 0.5) is 10.5 Å². The molecule has 1 aromatic rings. The van der Waals surface area contributed by atoms with Crippen molar-refractivity contribution in [3.05, 3.63) is 29.8 Å². The average Bonchev–Trinajstić information content (AvgIpc) is 2.68. The van der Waals surface area contributed by atoms with Gasteiger partial charge in [0.25, 0.3) is 0 Å². The quantitative estimate of drug-likeness (QED) is 0.644. The van der Waals surface area contributed by atoms with Crippen molar-refractivity contribution < 1.29 is 14.3 Å². The van der Waals surface area contributed by atoms with Crippen molar-refractivity contribution in [1.29, 1.82) is 0 Å². The van der Waals surface area contributed by atoms with Gasteiger partial charge >= 0.3 is 6.09 Å². The van der Waals surface area contributed by atoms with Crippen LogP contribution in [0.15, 0.2) is 24.3 Å². The fraction of sp³-hybridized carbons (Fsp3) is 0.667. The number of hydrogen-bond donors (Lipinski definition) is 1. The molecule has 1 N–H and O–H groups in total. The number of rotatable bonds is 8. The van der Waals surface area contributed by atoms with Crippen molar-refractivity contribution >= 4 is 17.7 Å². The van der Waals surface area contributed by atoms with E-state index in [0.717, 1.165) is 17.8 Å². The Morgan fingerprint density at radius 3 is 2.43 bits per heavy atom. The maximum Gasteiger partial charge on any atom is 0.410 e. The van der Waals surface area contributed by atoms with Crippen molar-refractivity contribution in [2.45, 2.75) is 83.9 Å². The Bertz CT molecular complexity index is 693. The second-order valence-electron chi connectivity index (χ2n) is 9.42. The number of amides is 2. The summed E-state index contributed by atoms with van der Waals surface area (Å²) in [6.07, 6.45) is 7.08. The largest absolute Gasteiger partial charge is 0.444 e. The van der Waals surface area contributed by atoms with Gasteiger partial charge in [-0.25, -0.2) is 4.79 Å². The normalized spacial score (nSPS) is 15.1. The minimum Gasteiger partial charge on any atom is -0.444 e. The highest BCUT2D eigenvalue weighted by Crippen LogP contribution is 2.25. The minimum absolute atomic E-state index is 0.0274. The van der Waals surface area contributed by atoms with Crippen LogP contribution in [0.3, 0.4) is 0 Å². The Kier molecular flexibility index (Phi) is 9.15. The van der Waals surface area contributed by atoms with E-state index in [9.17, 15) is 9.59 Å². The Morgan fingerprint density at radius 2 is 1.77 bits per heavy atom. The van der Waals surface area contributed by atoms with Gasteiger partial charge in [0.15, 0.2) is 0 Å². The van der Waals surface area contributed by atoms with E-state index >= 15 is 0 Å². The van der Waals surface area contributed by atoms with Crippen LogP contribution in [0.25, 0.3) is 0 Å². The summed E-state index contributed by atoms with van der Waals surface area (Å²) in [7, 11) is 3.88. The predicted octanol–water partition coefficient (Wildman–Crippen LogP) is 5.04. The highest BCUT2D eigenvalue weighted by molar-refractivity contribution is 5.91. The Hall–Kier alpha value is -2.08. The average molecular weight is 418 g/mol. The van der Waals surface area contributed by atoms with Gasteiger partial charge < -0.3 is 15.0 Å². The number of carbonyl (C=O) groups is 2. The highest BCUT2D eigenvalue weighted by Gasteiger charge is 2.20. The molecular formula is C24H39N3O3. The highest BCUT2D eigenvalue weighted by atomic mass is 16.6. The molecule has 0 aromatic heterocycles. The third-order valence-electron chi connectivity index (χ3n) is 5.51. The first-order valence-electron chi connectivity index (χ1n) is 11.2. The number of nitrogens with one attached hydrogen (secondary N) is 1. The first-order chi connectivity index (χ1) is 14.2. The molecule has 2 amide bonds. The fourth-order valence-corrected chi connectivity index (χ4v) is 3.82. The van der Waals surface area contributed by atoms with Crippen molar-refractivity contribution in [1.82, 2.24) is 9.80 Å². The smallest absolute Gasteiger partial charge is 0.410 e. The van der Waals surface area contributed by atoms with E-state index < -0.39 is 5.60 Å². The number of carbonyl (C=O) groups excluding carboxylic acids is 2. The molecular weight excluding hydrogens is 378 g/mol. The lowest BCUT2D eigenvalue weighted by atomic mass is 9.94. The van der Waals surface area contributed by atoms with Gasteiger partial charge in [0, 0.05) is 38.3 Å². The van der Waals surface area contributed by atoms with E-state index in [1.807, 2.05) is 39.0 Å². The van der Waals surface area contributed by atoms with E-state index in [1.165, 1.54) is 37.0 Å². The van der Waals surface area contributed by atoms with Gasteiger partial charge in [-0.05, 0) is 58.7 Å². The summed E-state index contributed by atoms with van der Waals surface area (Å²) in [5, 5.41) is 3.06. The molecule has 0 heterocycles. The molecule has 2 rings (SSSR count). The Balaban J connectivity index is 1.81. The lowest BCUT2D eigenvalue weighted by Crippen LogP contribution is -2.35. The molecule has 1 aromatic carbocycles. The molecule has 1 aliphatic rings. The Morgan fingerprint density at radius 1 is 1.10 bits per heavy atom. The summed E-state index contributed by atoms with van der Waals surface area (Å²) < 4.78 is 5.34. The molecule has 0 saturated heterocycles. The first kappa shape index (κ1) is 24.2. The van der Waals surface area contributed by atoms with Crippen LogP contribution < -0.4 is 5.32 Å². The van der Waals surface area contributed by atoms with Crippen LogP contribution in [0, 0.1) is 0 Å². The van der Waals surface area contributed by atoms with Crippen LogP contribution in [0.1, 0.15) is 71.3 Å². The zero-order valence-electron chi connectivity index (χ0n) is 19.4. The van der Waals surface area contributed by atoms with Crippen LogP contribution in [0.2, 0.25) is 0 Å². The fourth-order valence-electron chi connectivity index (χ4n) is 3.82. The van der Waals surface area contributed by atoms with E-state index in [4.69, 9.17) is 4.74 Å². The number of ether oxygens (including phenoxy) is 1. The topological polar surface area (TPSA) is 61.9 Å². The lowest BCUT2D eigenvalue weighted by Gasteiger charge is -2.31. The molecule has 0 unspecified atom stereocenters. The number of benzene rings is 1. The first-order valence-corrected chi connectivity index (χ1v) is 11.2. The molecule has 168 valence electrons. The van der Waals surface area contributed by atoms with Crippen LogP contribution in [-0.4, -0.2) is 54.1 Å². The molecule has 1 saturated carbocycles. The zero-order chi connectivity index (χ0) is 22.1. The molecule has 1 fully saturated rings. The summed E-state index contributed by atoms with van der Waals surface area (Å²) in [5.74, 6) is -0.0274. The predicted molar refractivity (Wildman–Crippen MR) is 122 cm³/mol. The molecule has 0 bridgehead atoms. The van der Waals surface area contributed by atoms with Crippen molar-refractivity contribution in [2.75, 3.05) is 26.0 Å². The number of para-hydroxylation sites is 1. The molecule has 1 aliphatic carbocycles. The molecule has 0 spiro atoms. The molecule has 0 atom stereocenters. The molecule has 0 aliphatic heterocycles. The van der Waals surface area contributed by atoms with E-state index in [0.29, 0.717) is 25.4 Å². The van der Waals surface area contributed by atoms with Gasteiger partial charge in [0.05, 0.1) is 0 Å². The zero-order valence-corrected chi connectivity index (χ0v) is 19.4. The van der Waals surface area contributed by atoms with Crippen LogP contribution in [-0.2, 0) is 16.1 Å². The maximum atomic E-state index is 12.5. The number of hydrogen-bond acceptors (Lipinski definition) is 4. The van der Waals surface area contributed by atoms with Crippen molar-refractivity contribution in [3.8, 4) is 0 Å². The van der Waals surface area contributed by atoms with E-state index in [2.05, 4.69) is 23.3 Å². The minimum atomic E-state index is -0.517. The monoisotopic (exact) mass is 417 g/mol. The third kappa shape index (κ3) is 8.34. The van der Waals surface area contributed by atoms with Gasteiger partial charge in [-0.15, -0.1) is 0 Å². The maximum absolute atomic E-state index is 12.5. The van der Waals surface area contributed by atoms with Crippen LogP contribution >= 0.6 is 0 Å². The summed E-state index contributed by atoms with van der Waals surface area (Å²) in [4.78, 5) is 28.4. The van der Waals surface area contributed by atoms with Gasteiger partial charge in [-0.3, -0.25) is 9.69 Å². The Labute approximate surface area is 182 Å². The standard InChI is InChI=1S/C24H39N3O3/c1-24(2,3)30-23(29)26(4)17-11-16-22(28)25-21-15-10-9-12-19(21)18-27(5)20-13-7-6-8-14-20/h9-10,12,15,20H,6-8,11,13-14,16-18H2,1-5H3,(H,25,28). The molecule has 6 nitrogen and oxygen atoms in total. The summed E-state index contributed by atoms with van der Waals surface area (Å²) in [6.45, 7) is 6.84. The van der Waals surface area contributed by atoms with Gasteiger partial charge in [-0.2, -0.15) is 0 Å². The van der Waals surface area contributed by atoms with Gasteiger partial charge in [-0.1, -0.05) is 37.5 Å². The SMILES string of the molecule is CN(CCCC(=O)Nc1ccccc1CN(C)C1CCCCC1)C(=O)OC(C)(C)C. The second kappa shape index (κ2) is 11.3. The van der Waals surface area contributed by atoms with E-state index in [1.54, 1.807) is 7.05 Å². The molecule has 0 radical (unpaired) electrons. The third-order valence-corrected chi connectivity index (χ3v) is 5.51. The van der Waals surface area contributed by atoms with Crippen LogP contribution in [0.5, 0.6) is 0 Å². The molecule has 6 heteroatoms. The lowest BCUT2D eigenvalue weighted by molar-refractivity contribution is -0.116. The van der Waals surface area contributed by atoms with E-state index in [-0.39, 0.29) is 12.0 Å². The molecule has 30 heavy (non-hydrogen) atoms. The number of nitrogens with zero attached hydrogens (tertiary/aromatic N) is 2. The summed E-state index contributed by atoms with van der Waals surface area (Å²) >= 11 is 0. The number of anilines is 1.